The van der Waals surface area contributed by atoms with Crippen LogP contribution in [0.15, 0.2) is 42.5 Å². The van der Waals surface area contributed by atoms with Gasteiger partial charge in [0.25, 0.3) is 0 Å². The van der Waals surface area contributed by atoms with E-state index in [-0.39, 0.29) is 0 Å². The van der Waals surface area contributed by atoms with E-state index in [4.69, 9.17) is 16.3 Å². The molecule has 0 fully saturated rings. The third-order valence-corrected chi connectivity index (χ3v) is 3.58. The van der Waals surface area contributed by atoms with Gasteiger partial charge in [0.2, 0.25) is 0 Å². The lowest BCUT2D eigenvalue weighted by molar-refractivity contribution is 0.318. The molecule has 2 aromatic rings. The fourth-order valence-corrected chi connectivity index (χ4v) is 2.15. The van der Waals surface area contributed by atoms with Crippen LogP contribution in [-0.4, -0.2) is 12.5 Å². The van der Waals surface area contributed by atoms with Crippen LogP contribution in [0.4, 0.5) is 0 Å². The Morgan fingerprint density at radius 1 is 1.00 bits per heavy atom. The number of aryl methyl sites for hydroxylation is 1. The van der Waals surface area contributed by atoms with Crippen molar-refractivity contribution in [3.05, 3.63) is 53.6 Å². The second-order valence-corrected chi connectivity index (χ2v) is 5.04. The SMILES string of the molecule is Cc1cccc(-c2ccc(OCCCCl)cc2)c1C. The molecule has 0 heterocycles. The van der Waals surface area contributed by atoms with Crippen LogP contribution in [0.3, 0.4) is 0 Å². The number of ether oxygens (including phenoxy) is 1. The molecule has 0 aliphatic rings. The zero-order valence-corrected chi connectivity index (χ0v) is 12.2. The predicted octanol–water partition coefficient (Wildman–Crippen LogP) is 4.98. The van der Waals surface area contributed by atoms with Crippen LogP contribution < -0.4 is 4.74 Å². The van der Waals surface area contributed by atoms with Crippen molar-refractivity contribution < 1.29 is 4.74 Å². The van der Waals surface area contributed by atoms with Crippen molar-refractivity contribution in [1.29, 1.82) is 0 Å². The Labute approximate surface area is 120 Å². The first-order valence-electron chi connectivity index (χ1n) is 6.58. The highest BCUT2D eigenvalue weighted by Gasteiger charge is 2.03. The first-order chi connectivity index (χ1) is 9.22. The molecule has 0 N–H and O–H groups in total. The number of rotatable bonds is 5. The van der Waals surface area contributed by atoms with Crippen molar-refractivity contribution in [3.8, 4) is 16.9 Å². The maximum atomic E-state index is 5.63. The van der Waals surface area contributed by atoms with Gasteiger partial charge in [-0.25, -0.2) is 0 Å². The van der Waals surface area contributed by atoms with Gasteiger partial charge in [0.05, 0.1) is 6.61 Å². The van der Waals surface area contributed by atoms with Gasteiger partial charge < -0.3 is 4.74 Å². The lowest BCUT2D eigenvalue weighted by Crippen LogP contribution is -1.97. The van der Waals surface area contributed by atoms with Crippen LogP contribution in [0, 0.1) is 13.8 Å². The van der Waals surface area contributed by atoms with Crippen LogP contribution in [-0.2, 0) is 0 Å². The highest BCUT2D eigenvalue weighted by Crippen LogP contribution is 2.27. The van der Waals surface area contributed by atoms with Crippen LogP contribution >= 0.6 is 11.6 Å². The molecule has 0 unspecified atom stereocenters. The van der Waals surface area contributed by atoms with Gasteiger partial charge in [-0.2, -0.15) is 0 Å². The topological polar surface area (TPSA) is 9.23 Å². The lowest BCUT2D eigenvalue weighted by Gasteiger charge is -2.10. The zero-order valence-electron chi connectivity index (χ0n) is 11.4. The van der Waals surface area contributed by atoms with Gasteiger partial charge in [-0.3, -0.25) is 0 Å². The van der Waals surface area contributed by atoms with Gasteiger partial charge in [0.1, 0.15) is 5.75 Å². The molecule has 0 saturated heterocycles. The summed E-state index contributed by atoms with van der Waals surface area (Å²) in [6.07, 6.45) is 0.875. The van der Waals surface area contributed by atoms with E-state index in [0.717, 1.165) is 12.2 Å². The van der Waals surface area contributed by atoms with Crippen molar-refractivity contribution in [2.24, 2.45) is 0 Å². The van der Waals surface area contributed by atoms with Gasteiger partial charge in [-0.15, -0.1) is 11.6 Å². The first-order valence-corrected chi connectivity index (χ1v) is 7.11. The molecule has 2 heteroatoms. The van der Waals surface area contributed by atoms with E-state index < -0.39 is 0 Å². The number of halogens is 1. The standard InChI is InChI=1S/C17H19ClO/c1-13-5-3-6-17(14(13)2)15-7-9-16(10-8-15)19-12-4-11-18/h3,5-10H,4,11-12H2,1-2H3. The zero-order chi connectivity index (χ0) is 13.7. The molecule has 100 valence electrons. The molecule has 0 bridgehead atoms. The van der Waals surface area contributed by atoms with Crippen LogP contribution in [0.2, 0.25) is 0 Å². The fourth-order valence-electron chi connectivity index (χ4n) is 2.04. The summed E-state index contributed by atoms with van der Waals surface area (Å²) in [6, 6.07) is 14.7. The molecule has 0 aromatic heterocycles. The van der Waals surface area contributed by atoms with Gasteiger partial charge in [0.15, 0.2) is 0 Å². The lowest BCUT2D eigenvalue weighted by atomic mass is 9.97. The maximum Gasteiger partial charge on any atom is 0.119 e. The van der Waals surface area contributed by atoms with Crippen LogP contribution in [0.1, 0.15) is 17.5 Å². The summed E-state index contributed by atoms with van der Waals surface area (Å²) in [4.78, 5) is 0. The summed E-state index contributed by atoms with van der Waals surface area (Å²) >= 11 is 5.63. The largest absolute Gasteiger partial charge is 0.494 e. The highest BCUT2D eigenvalue weighted by atomic mass is 35.5. The molecule has 1 nitrogen and oxygen atoms in total. The Morgan fingerprint density at radius 3 is 2.42 bits per heavy atom. The van der Waals surface area contributed by atoms with Crippen molar-refractivity contribution in [2.75, 3.05) is 12.5 Å². The Balaban J connectivity index is 2.16. The van der Waals surface area contributed by atoms with Crippen LogP contribution in [0.5, 0.6) is 5.75 Å². The number of benzene rings is 2. The van der Waals surface area contributed by atoms with E-state index in [1.807, 2.05) is 12.1 Å². The summed E-state index contributed by atoms with van der Waals surface area (Å²) in [6.45, 7) is 4.98. The molecule has 0 atom stereocenters. The average molecular weight is 275 g/mol. The van der Waals surface area contributed by atoms with Gasteiger partial charge in [-0.1, -0.05) is 30.3 Å². The van der Waals surface area contributed by atoms with E-state index in [1.165, 1.54) is 22.3 Å². The number of hydrogen-bond donors (Lipinski definition) is 0. The molecular weight excluding hydrogens is 256 g/mol. The molecule has 0 amide bonds. The molecular formula is C17H19ClO. The average Bonchev–Trinajstić information content (AvgIpc) is 2.43. The Bertz CT molecular complexity index is 531. The maximum absolute atomic E-state index is 5.63. The Morgan fingerprint density at radius 2 is 1.74 bits per heavy atom. The number of alkyl halides is 1. The van der Waals surface area contributed by atoms with Crippen molar-refractivity contribution in [2.45, 2.75) is 20.3 Å². The minimum atomic E-state index is 0.639. The molecule has 0 saturated carbocycles. The molecule has 0 spiro atoms. The second kappa shape index (κ2) is 6.63. The molecule has 19 heavy (non-hydrogen) atoms. The Hall–Kier alpha value is -1.47. The van der Waals surface area contributed by atoms with Crippen LogP contribution in [0.25, 0.3) is 11.1 Å². The molecule has 2 aromatic carbocycles. The molecule has 0 aliphatic heterocycles. The second-order valence-electron chi connectivity index (χ2n) is 4.66. The summed E-state index contributed by atoms with van der Waals surface area (Å²) in [7, 11) is 0. The fraction of sp³-hybridized carbons (Fsp3) is 0.294. The predicted molar refractivity (Wildman–Crippen MR) is 82.2 cm³/mol. The summed E-state index contributed by atoms with van der Waals surface area (Å²) < 4.78 is 5.61. The van der Waals surface area contributed by atoms with E-state index in [0.29, 0.717) is 12.5 Å². The van der Waals surface area contributed by atoms with Crippen molar-refractivity contribution in [3.63, 3.8) is 0 Å². The molecule has 0 aliphatic carbocycles. The molecule has 0 radical (unpaired) electrons. The van der Waals surface area contributed by atoms with E-state index >= 15 is 0 Å². The van der Waals surface area contributed by atoms with Gasteiger partial charge >= 0.3 is 0 Å². The monoisotopic (exact) mass is 274 g/mol. The minimum absolute atomic E-state index is 0.639. The Kier molecular flexibility index (Phi) is 4.86. The molecule has 2 rings (SSSR count). The quantitative estimate of drug-likeness (QED) is 0.552. The number of hydrogen-bond acceptors (Lipinski definition) is 1. The van der Waals surface area contributed by atoms with E-state index in [2.05, 4.69) is 44.2 Å². The third kappa shape index (κ3) is 3.51. The van der Waals surface area contributed by atoms with Crippen molar-refractivity contribution >= 4 is 11.6 Å². The van der Waals surface area contributed by atoms with E-state index in [1.54, 1.807) is 0 Å². The van der Waals surface area contributed by atoms with Gasteiger partial charge in [-0.05, 0) is 54.7 Å². The third-order valence-electron chi connectivity index (χ3n) is 3.32. The summed E-state index contributed by atoms with van der Waals surface area (Å²) in [5, 5.41) is 0. The summed E-state index contributed by atoms with van der Waals surface area (Å²) in [5.41, 5.74) is 5.16. The normalized spacial score (nSPS) is 10.5. The first kappa shape index (κ1) is 14.0. The highest BCUT2D eigenvalue weighted by molar-refractivity contribution is 6.17. The smallest absolute Gasteiger partial charge is 0.119 e. The minimum Gasteiger partial charge on any atom is -0.494 e. The summed E-state index contributed by atoms with van der Waals surface area (Å²) in [5.74, 6) is 1.54. The van der Waals surface area contributed by atoms with E-state index in [9.17, 15) is 0 Å². The van der Waals surface area contributed by atoms with Gasteiger partial charge in [0, 0.05) is 5.88 Å². The van der Waals surface area contributed by atoms with Crippen molar-refractivity contribution in [1.82, 2.24) is 0 Å².